The maximum absolute atomic E-state index is 10.7. The van der Waals surface area contributed by atoms with Crippen LogP contribution in [-0.4, -0.2) is 16.5 Å². The average molecular weight is 287 g/mol. The molecule has 0 amide bonds. The number of aryl methyl sites for hydroxylation is 1. The molecule has 2 rings (SSSR count). The van der Waals surface area contributed by atoms with Crippen LogP contribution in [-0.2, 0) is 6.54 Å². The lowest BCUT2D eigenvalue weighted by Gasteiger charge is -2.08. The van der Waals surface area contributed by atoms with Gasteiger partial charge in [0.05, 0.1) is 4.92 Å². The van der Waals surface area contributed by atoms with Crippen molar-refractivity contribution in [2.75, 3.05) is 6.54 Å². The summed E-state index contributed by atoms with van der Waals surface area (Å²) < 4.78 is 5.65. The number of nitro benzene ring substituents is 1. The topological polar surface area (TPSA) is 77.3 Å². The molecule has 0 aliphatic heterocycles. The summed E-state index contributed by atoms with van der Waals surface area (Å²) in [5, 5.41) is 13.9. The minimum atomic E-state index is -0.426. The first kappa shape index (κ1) is 14.9. The van der Waals surface area contributed by atoms with E-state index in [2.05, 4.69) is 10.3 Å². The Kier molecular flexibility index (Phi) is 4.84. The number of non-ortho nitro benzene ring substituents is 1. The van der Waals surface area contributed by atoms with Gasteiger partial charge in [0.15, 0.2) is 0 Å². The molecule has 0 aliphatic carbocycles. The van der Waals surface area contributed by atoms with E-state index in [0.29, 0.717) is 17.2 Å². The number of hydrogen-bond acceptors (Lipinski definition) is 5. The average Bonchev–Trinajstić information content (AvgIpc) is 2.48. The van der Waals surface area contributed by atoms with Crippen molar-refractivity contribution >= 4 is 5.69 Å². The molecule has 0 aliphatic rings. The van der Waals surface area contributed by atoms with Gasteiger partial charge in [-0.3, -0.25) is 10.1 Å². The lowest BCUT2D eigenvalue weighted by Crippen LogP contribution is -2.11. The first-order chi connectivity index (χ1) is 10.1. The number of nitrogens with zero attached hydrogens (tertiary/aromatic N) is 2. The summed E-state index contributed by atoms with van der Waals surface area (Å²) in [5.74, 6) is 1.03. The fraction of sp³-hybridized carbons (Fsp3) is 0.267. The summed E-state index contributed by atoms with van der Waals surface area (Å²) in [6, 6.07) is 8.21. The third kappa shape index (κ3) is 4.00. The van der Waals surface area contributed by atoms with Gasteiger partial charge >= 0.3 is 0 Å². The van der Waals surface area contributed by atoms with Gasteiger partial charge in [0.25, 0.3) is 5.69 Å². The van der Waals surface area contributed by atoms with Gasteiger partial charge in [-0.25, -0.2) is 4.98 Å². The van der Waals surface area contributed by atoms with Gasteiger partial charge in [-0.05, 0) is 30.7 Å². The Morgan fingerprint density at radius 3 is 2.71 bits per heavy atom. The number of ether oxygens (including phenoxy) is 1. The van der Waals surface area contributed by atoms with Crippen molar-refractivity contribution in [1.29, 1.82) is 0 Å². The minimum absolute atomic E-state index is 0.0498. The van der Waals surface area contributed by atoms with Crippen molar-refractivity contribution < 1.29 is 9.66 Å². The summed E-state index contributed by atoms with van der Waals surface area (Å²) in [7, 11) is 0. The van der Waals surface area contributed by atoms with E-state index in [4.69, 9.17) is 4.74 Å². The number of pyridine rings is 1. The zero-order valence-corrected chi connectivity index (χ0v) is 12.0. The Morgan fingerprint density at radius 2 is 2.14 bits per heavy atom. The predicted octanol–water partition coefficient (Wildman–Crippen LogP) is 3.20. The quantitative estimate of drug-likeness (QED) is 0.652. The normalized spacial score (nSPS) is 10.4. The van der Waals surface area contributed by atoms with Gasteiger partial charge in [0.2, 0.25) is 5.88 Å². The smallest absolute Gasteiger partial charge is 0.269 e. The Balaban J connectivity index is 2.09. The largest absolute Gasteiger partial charge is 0.439 e. The van der Waals surface area contributed by atoms with Crippen LogP contribution in [0.15, 0.2) is 36.5 Å². The monoisotopic (exact) mass is 287 g/mol. The van der Waals surface area contributed by atoms with Crippen molar-refractivity contribution in [3.63, 3.8) is 0 Å². The fourth-order valence-electron chi connectivity index (χ4n) is 1.82. The van der Waals surface area contributed by atoms with E-state index in [-0.39, 0.29) is 5.69 Å². The first-order valence-electron chi connectivity index (χ1n) is 6.68. The highest BCUT2D eigenvalue weighted by Gasteiger charge is 2.09. The van der Waals surface area contributed by atoms with Crippen LogP contribution in [0.5, 0.6) is 11.6 Å². The van der Waals surface area contributed by atoms with Crippen molar-refractivity contribution in [2.45, 2.75) is 20.4 Å². The molecule has 1 heterocycles. The van der Waals surface area contributed by atoms with Crippen LogP contribution in [0.3, 0.4) is 0 Å². The number of benzene rings is 1. The number of hydrogen-bond donors (Lipinski definition) is 1. The Labute approximate surface area is 122 Å². The maximum atomic E-state index is 10.7. The van der Waals surface area contributed by atoms with Gasteiger partial charge in [0.1, 0.15) is 5.75 Å². The van der Waals surface area contributed by atoms with Crippen LogP contribution in [0.25, 0.3) is 0 Å². The molecule has 1 aromatic heterocycles. The van der Waals surface area contributed by atoms with Crippen LogP contribution in [0.2, 0.25) is 0 Å². The second-order valence-electron chi connectivity index (χ2n) is 4.59. The van der Waals surface area contributed by atoms with Crippen molar-refractivity contribution in [3.8, 4) is 11.6 Å². The maximum Gasteiger partial charge on any atom is 0.269 e. The number of rotatable bonds is 6. The molecule has 0 saturated carbocycles. The molecular weight excluding hydrogens is 270 g/mol. The van der Waals surface area contributed by atoms with E-state index >= 15 is 0 Å². The van der Waals surface area contributed by atoms with Crippen LogP contribution < -0.4 is 10.1 Å². The summed E-state index contributed by atoms with van der Waals surface area (Å²) in [6.07, 6.45) is 1.75. The van der Waals surface area contributed by atoms with Gasteiger partial charge in [0, 0.05) is 30.9 Å². The van der Waals surface area contributed by atoms with Gasteiger partial charge in [-0.15, -0.1) is 0 Å². The highest BCUT2D eigenvalue weighted by Crippen LogP contribution is 2.27. The number of nitrogens with one attached hydrogen (secondary N) is 1. The van der Waals surface area contributed by atoms with E-state index in [9.17, 15) is 10.1 Å². The SMILES string of the molecule is CCNCc1ccc(Oc2ccc([N+](=O)[O-])cc2C)nc1. The molecule has 0 saturated heterocycles. The van der Waals surface area contributed by atoms with Gasteiger partial charge in [-0.2, -0.15) is 0 Å². The Morgan fingerprint density at radius 1 is 1.33 bits per heavy atom. The lowest BCUT2D eigenvalue weighted by molar-refractivity contribution is -0.384. The van der Waals surface area contributed by atoms with E-state index in [0.717, 1.165) is 18.7 Å². The van der Waals surface area contributed by atoms with Crippen LogP contribution in [0, 0.1) is 17.0 Å². The minimum Gasteiger partial charge on any atom is -0.439 e. The molecule has 6 heteroatoms. The molecule has 0 unspecified atom stereocenters. The molecule has 0 atom stereocenters. The van der Waals surface area contributed by atoms with E-state index in [1.54, 1.807) is 25.3 Å². The molecule has 1 aromatic carbocycles. The van der Waals surface area contributed by atoms with Gasteiger partial charge < -0.3 is 10.1 Å². The zero-order valence-electron chi connectivity index (χ0n) is 12.0. The van der Waals surface area contributed by atoms with E-state index in [1.807, 2.05) is 13.0 Å². The highest BCUT2D eigenvalue weighted by atomic mass is 16.6. The molecule has 2 aromatic rings. The standard InChI is InChI=1S/C15H17N3O3/c1-3-16-9-12-4-7-15(17-10-12)21-14-6-5-13(18(19)20)8-11(14)2/h4-8,10,16H,3,9H2,1-2H3. The molecule has 0 spiro atoms. The summed E-state index contributed by atoms with van der Waals surface area (Å²) >= 11 is 0. The summed E-state index contributed by atoms with van der Waals surface area (Å²) in [6.45, 7) is 5.48. The predicted molar refractivity (Wildman–Crippen MR) is 79.5 cm³/mol. The lowest BCUT2D eigenvalue weighted by atomic mass is 10.2. The summed E-state index contributed by atoms with van der Waals surface area (Å²) in [4.78, 5) is 14.5. The van der Waals surface area contributed by atoms with Crippen molar-refractivity contribution in [1.82, 2.24) is 10.3 Å². The highest BCUT2D eigenvalue weighted by molar-refractivity contribution is 5.44. The van der Waals surface area contributed by atoms with Crippen molar-refractivity contribution in [2.24, 2.45) is 0 Å². The number of nitro groups is 1. The first-order valence-corrected chi connectivity index (χ1v) is 6.68. The molecule has 0 radical (unpaired) electrons. The molecule has 0 fully saturated rings. The third-order valence-corrected chi connectivity index (χ3v) is 2.96. The second kappa shape index (κ2) is 6.81. The second-order valence-corrected chi connectivity index (χ2v) is 4.59. The van der Waals surface area contributed by atoms with Gasteiger partial charge in [-0.1, -0.05) is 13.0 Å². The molecule has 6 nitrogen and oxygen atoms in total. The molecule has 0 bridgehead atoms. The van der Waals surface area contributed by atoms with E-state index < -0.39 is 4.92 Å². The molecule has 1 N–H and O–H groups in total. The Bertz CT molecular complexity index is 627. The summed E-state index contributed by atoms with van der Waals surface area (Å²) in [5.41, 5.74) is 1.82. The molecule has 21 heavy (non-hydrogen) atoms. The van der Waals surface area contributed by atoms with Crippen LogP contribution in [0.4, 0.5) is 5.69 Å². The third-order valence-electron chi connectivity index (χ3n) is 2.96. The fourth-order valence-corrected chi connectivity index (χ4v) is 1.82. The van der Waals surface area contributed by atoms with Crippen LogP contribution in [0.1, 0.15) is 18.1 Å². The molecular formula is C15H17N3O3. The van der Waals surface area contributed by atoms with E-state index in [1.165, 1.54) is 12.1 Å². The zero-order chi connectivity index (χ0) is 15.2. The Hall–Kier alpha value is -2.47. The number of aromatic nitrogens is 1. The van der Waals surface area contributed by atoms with Crippen LogP contribution >= 0.6 is 0 Å². The van der Waals surface area contributed by atoms with Crippen molar-refractivity contribution in [3.05, 3.63) is 57.8 Å². The molecule has 110 valence electrons.